The largest absolute Gasteiger partial charge is 0.378 e. The lowest BCUT2D eigenvalue weighted by Gasteiger charge is -2.30. The van der Waals surface area contributed by atoms with E-state index in [1.165, 1.54) is 34.6 Å². The van der Waals surface area contributed by atoms with Gasteiger partial charge >= 0.3 is 0 Å². The zero-order chi connectivity index (χ0) is 22.7. The molecule has 0 atom stereocenters. The van der Waals surface area contributed by atoms with Crippen LogP contribution in [0.15, 0.2) is 39.9 Å². The van der Waals surface area contributed by atoms with Crippen molar-refractivity contribution in [2.75, 3.05) is 44.7 Å². The third kappa shape index (κ3) is 5.01. The number of carbonyl (C=O) groups excluding carboxylic acids is 2. The number of morpholine rings is 1. The highest BCUT2D eigenvalue weighted by molar-refractivity contribution is 7.91. The van der Waals surface area contributed by atoms with Gasteiger partial charge in [-0.1, -0.05) is 0 Å². The Balaban J connectivity index is 1.35. The van der Waals surface area contributed by atoms with Crippen LogP contribution in [0.5, 0.6) is 0 Å². The Bertz CT molecular complexity index is 1070. The Morgan fingerprint density at radius 2 is 1.72 bits per heavy atom. The monoisotopic (exact) mass is 481 g/mol. The number of nitrogens with zero attached hydrogens (tertiary/aromatic N) is 2. The maximum atomic E-state index is 13.1. The highest BCUT2D eigenvalue weighted by Crippen LogP contribution is 2.29. The molecule has 4 rings (SSSR count). The number of benzene rings is 1. The molecular formula is C21H24FN3O5S2. The standard InChI is InChI=1S/C21H24FN3O5S2/c22-17-1-3-18(4-2-17)23-20(26)15-5-7-25(8-6-15)32(28,29)19-13-16(14-31-19)21(27)24-9-11-30-12-10-24/h1-4,13-15H,5-12H2,(H,23,26). The van der Waals surface area contributed by atoms with Crippen molar-refractivity contribution in [3.8, 4) is 0 Å². The molecule has 1 N–H and O–H groups in total. The predicted molar refractivity (Wildman–Crippen MR) is 118 cm³/mol. The first-order valence-electron chi connectivity index (χ1n) is 10.4. The molecule has 1 aromatic carbocycles. The van der Waals surface area contributed by atoms with Crippen LogP contribution in [0.25, 0.3) is 0 Å². The fraction of sp³-hybridized carbons (Fsp3) is 0.429. The number of ether oxygens (including phenoxy) is 1. The number of carbonyl (C=O) groups is 2. The van der Waals surface area contributed by atoms with E-state index >= 15 is 0 Å². The number of rotatable bonds is 5. The zero-order valence-corrected chi connectivity index (χ0v) is 19.0. The van der Waals surface area contributed by atoms with Gasteiger partial charge in [-0.05, 0) is 43.2 Å². The lowest BCUT2D eigenvalue weighted by Crippen LogP contribution is -2.41. The van der Waals surface area contributed by atoms with E-state index in [-0.39, 0.29) is 40.8 Å². The quantitative estimate of drug-likeness (QED) is 0.708. The van der Waals surface area contributed by atoms with E-state index in [9.17, 15) is 22.4 Å². The number of anilines is 1. The molecule has 2 aromatic rings. The van der Waals surface area contributed by atoms with Crippen molar-refractivity contribution in [3.05, 3.63) is 47.1 Å². The minimum Gasteiger partial charge on any atom is -0.378 e. The lowest BCUT2D eigenvalue weighted by molar-refractivity contribution is -0.120. The van der Waals surface area contributed by atoms with Gasteiger partial charge in [-0.3, -0.25) is 9.59 Å². The fourth-order valence-electron chi connectivity index (χ4n) is 3.78. The highest BCUT2D eigenvalue weighted by Gasteiger charge is 2.33. The van der Waals surface area contributed by atoms with E-state index in [0.29, 0.717) is 50.4 Å². The van der Waals surface area contributed by atoms with Crippen LogP contribution in [0.4, 0.5) is 10.1 Å². The van der Waals surface area contributed by atoms with Crippen molar-refractivity contribution in [1.29, 1.82) is 0 Å². The van der Waals surface area contributed by atoms with Gasteiger partial charge in [0.05, 0.1) is 18.8 Å². The number of nitrogens with one attached hydrogen (secondary N) is 1. The van der Waals surface area contributed by atoms with E-state index in [4.69, 9.17) is 4.74 Å². The van der Waals surface area contributed by atoms with Crippen LogP contribution >= 0.6 is 11.3 Å². The molecular weight excluding hydrogens is 457 g/mol. The number of thiophene rings is 1. The summed E-state index contributed by atoms with van der Waals surface area (Å²) in [7, 11) is -3.74. The van der Waals surface area contributed by atoms with Crippen LogP contribution in [-0.4, -0.2) is 68.8 Å². The summed E-state index contributed by atoms with van der Waals surface area (Å²) in [6.45, 7) is 2.37. The molecule has 2 saturated heterocycles. The second kappa shape index (κ2) is 9.65. The number of hydrogen-bond acceptors (Lipinski definition) is 6. The molecule has 0 radical (unpaired) electrons. The molecule has 2 fully saturated rings. The van der Waals surface area contributed by atoms with Crippen molar-refractivity contribution in [2.45, 2.75) is 17.1 Å². The van der Waals surface area contributed by atoms with Crippen molar-refractivity contribution >= 4 is 38.9 Å². The van der Waals surface area contributed by atoms with E-state index in [0.717, 1.165) is 11.3 Å². The molecule has 172 valence electrons. The third-order valence-corrected chi connectivity index (χ3v) is 8.97. The fourth-order valence-corrected chi connectivity index (χ4v) is 6.55. The molecule has 11 heteroatoms. The van der Waals surface area contributed by atoms with Crippen LogP contribution in [0.1, 0.15) is 23.2 Å². The average Bonchev–Trinajstić information content (AvgIpc) is 3.32. The number of sulfonamides is 1. The SMILES string of the molecule is O=C(Nc1ccc(F)cc1)C1CCN(S(=O)(=O)c2cc(C(=O)N3CCOCC3)cs2)CC1. The first-order chi connectivity index (χ1) is 15.3. The smallest absolute Gasteiger partial charge is 0.254 e. The Morgan fingerprint density at radius 3 is 2.38 bits per heavy atom. The summed E-state index contributed by atoms with van der Waals surface area (Å²) >= 11 is 1.03. The first kappa shape index (κ1) is 22.8. The average molecular weight is 482 g/mol. The molecule has 8 nitrogen and oxygen atoms in total. The number of halogens is 1. The second-order valence-corrected chi connectivity index (χ2v) is 10.8. The van der Waals surface area contributed by atoms with Crippen LogP contribution < -0.4 is 5.32 Å². The maximum Gasteiger partial charge on any atom is 0.254 e. The summed E-state index contributed by atoms with van der Waals surface area (Å²) in [5, 5.41) is 4.33. The molecule has 0 spiro atoms. The lowest BCUT2D eigenvalue weighted by atomic mass is 9.97. The van der Waals surface area contributed by atoms with Crippen molar-refractivity contribution < 1.29 is 27.1 Å². The highest BCUT2D eigenvalue weighted by atomic mass is 32.2. The summed E-state index contributed by atoms with van der Waals surface area (Å²) in [4.78, 5) is 26.8. The predicted octanol–water partition coefficient (Wildman–Crippen LogP) is 2.40. The van der Waals surface area contributed by atoms with Gasteiger partial charge in [-0.15, -0.1) is 11.3 Å². The van der Waals surface area contributed by atoms with Crippen LogP contribution in [-0.2, 0) is 19.6 Å². The van der Waals surface area contributed by atoms with Crippen LogP contribution in [0.3, 0.4) is 0 Å². The van der Waals surface area contributed by atoms with E-state index in [1.807, 2.05) is 0 Å². The van der Waals surface area contributed by atoms with Gasteiger partial charge in [0.1, 0.15) is 10.0 Å². The minimum absolute atomic E-state index is 0.128. The van der Waals surface area contributed by atoms with Crippen molar-refractivity contribution in [1.82, 2.24) is 9.21 Å². The van der Waals surface area contributed by atoms with Gasteiger partial charge in [0.15, 0.2) is 0 Å². The molecule has 0 unspecified atom stereocenters. The summed E-state index contributed by atoms with van der Waals surface area (Å²) in [6.07, 6.45) is 0.772. The Morgan fingerprint density at radius 1 is 1.06 bits per heavy atom. The van der Waals surface area contributed by atoms with Gasteiger partial charge in [-0.2, -0.15) is 4.31 Å². The normalized spacial score (nSPS) is 18.5. The molecule has 1 aromatic heterocycles. The van der Waals surface area contributed by atoms with Crippen LogP contribution in [0, 0.1) is 11.7 Å². The number of hydrogen-bond donors (Lipinski definition) is 1. The minimum atomic E-state index is -3.74. The van der Waals surface area contributed by atoms with Gasteiger partial charge < -0.3 is 15.0 Å². The van der Waals surface area contributed by atoms with Gasteiger partial charge in [0, 0.05) is 43.2 Å². The topological polar surface area (TPSA) is 96.0 Å². The summed E-state index contributed by atoms with van der Waals surface area (Å²) < 4.78 is 45.9. The van der Waals surface area contributed by atoms with Gasteiger partial charge in [0.25, 0.3) is 15.9 Å². The maximum absolute atomic E-state index is 13.1. The number of amides is 2. The Labute approximate surface area is 190 Å². The summed E-state index contributed by atoms with van der Waals surface area (Å²) in [6, 6.07) is 6.94. The van der Waals surface area contributed by atoms with Crippen LogP contribution in [0.2, 0.25) is 0 Å². The molecule has 2 aliphatic rings. The summed E-state index contributed by atoms with van der Waals surface area (Å²) in [5.74, 6) is -1.11. The molecule has 3 heterocycles. The molecule has 2 aliphatic heterocycles. The van der Waals surface area contributed by atoms with Gasteiger partial charge in [0.2, 0.25) is 5.91 Å². The van der Waals surface area contributed by atoms with E-state index in [2.05, 4.69) is 5.32 Å². The molecule has 2 amide bonds. The molecule has 32 heavy (non-hydrogen) atoms. The summed E-state index contributed by atoms with van der Waals surface area (Å²) in [5.41, 5.74) is 0.867. The Kier molecular flexibility index (Phi) is 6.89. The molecule has 0 saturated carbocycles. The molecule has 0 bridgehead atoms. The second-order valence-electron chi connectivity index (χ2n) is 7.73. The Hall–Kier alpha value is -2.34. The third-order valence-electron chi connectivity index (χ3n) is 5.65. The van der Waals surface area contributed by atoms with E-state index in [1.54, 1.807) is 10.3 Å². The van der Waals surface area contributed by atoms with Gasteiger partial charge in [-0.25, -0.2) is 12.8 Å². The van der Waals surface area contributed by atoms with E-state index < -0.39 is 10.0 Å². The van der Waals surface area contributed by atoms with Crippen molar-refractivity contribution in [2.24, 2.45) is 5.92 Å². The first-order valence-corrected chi connectivity index (χ1v) is 12.7. The zero-order valence-electron chi connectivity index (χ0n) is 17.3. The van der Waals surface area contributed by atoms with Crippen molar-refractivity contribution in [3.63, 3.8) is 0 Å². The molecule has 0 aliphatic carbocycles. The number of piperidine rings is 1.